The van der Waals surface area contributed by atoms with E-state index in [0.717, 1.165) is 44.9 Å². The lowest BCUT2D eigenvalue weighted by atomic mass is 9.47. The molecule has 0 aromatic carbocycles. The molecule has 0 aromatic heterocycles. The number of nitrogens with one attached hydrogen (secondary N) is 1. The zero-order chi connectivity index (χ0) is 22.7. The van der Waals surface area contributed by atoms with E-state index in [2.05, 4.69) is 25.2 Å². The van der Waals surface area contributed by atoms with Crippen LogP contribution in [0.25, 0.3) is 0 Å². The molecule has 4 N–H and O–H groups in total. The van der Waals surface area contributed by atoms with Crippen molar-refractivity contribution >= 4 is 11.9 Å². The number of fused-ring (bicyclic) bond motifs is 5. The van der Waals surface area contributed by atoms with Gasteiger partial charge in [-0.2, -0.15) is 0 Å². The van der Waals surface area contributed by atoms with Gasteiger partial charge in [0, 0.05) is 6.92 Å². The van der Waals surface area contributed by atoms with Crippen LogP contribution in [0.4, 0.5) is 0 Å². The van der Waals surface area contributed by atoms with E-state index >= 15 is 0 Å². The van der Waals surface area contributed by atoms with Gasteiger partial charge in [-0.3, -0.25) is 4.79 Å². The summed E-state index contributed by atoms with van der Waals surface area (Å²) in [6, 6.07) is -0.965. The highest BCUT2D eigenvalue weighted by Gasteiger charge is 2.63. The van der Waals surface area contributed by atoms with E-state index in [-0.39, 0.29) is 34.7 Å². The number of amides is 1. The monoisotopic (exact) mass is 433 g/mol. The first-order valence-corrected chi connectivity index (χ1v) is 12.0. The van der Waals surface area contributed by atoms with Gasteiger partial charge < -0.3 is 20.6 Å². The second-order valence-electron chi connectivity index (χ2n) is 11.4. The molecule has 10 atom stereocenters. The molecule has 31 heavy (non-hydrogen) atoms. The number of aliphatic carboxylic acids is 1. The molecule has 4 rings (SSSR count). The third-order valence-electron chi connectivity index (χ3n) is 9.84. The SMILES string of the molecule is CC(=O)NC(C(=O)O)C1C[C@H]2[C@@H]3CC=C4CC(O)CC[C@]4(C)[C@H]3CC[C@]2(C)[C@H]1C(C)O. The van der Waals surface area contributed by atoms with Crippen LogP contribution in [-0.2, 0) is 9.59 Å². The first kappa shape index (κ1) is 22.8. The molecular weight excluding hydrogens is 394 g/mol. The molecule has 0 spiro atoms. The van der Waals surface area contributed by atoms with Crippen LogP contribution in [0.15, 0.2) is 11.6 Å². The number of hydrogen-bond acceptors (Lipinski definition) is 4. The molecule has 4 aliphatic rings. The molecule has 3 saturated carbocycles. The Morgan fingerprint density at radius 3 is 2.52 bits per heavy atom. The van der Waals surface area contributed by atoms with Crippen LogP contribution >= 0.6 is 0 Å². The van der Waals surface area contributed by atoms with Gasteiger partial charge in [-0.1, -0.05) is 25.5 Å². The van der Waals surface area contributed by atoms with Crippen molar-refractivity contribution in [3.05, 3.63) is 11.6 Å². The van der Waals surface area contributed by atoms with Crippen molar-refractivity contribution in [2.24, 2.45) is 40.4 Å². The summed E-state index contributed by atoms with van der Waals surface area (Å²) >= 11 is 0. The number of hydrogen-bond donors (Lipinski definition) is 4. The molecule has 0 bridgehead atoms. The Kier molecular flexibility index (Phi) is 5.79. The largest absolute Gasteiger partial charge is 0.480 e. The molecule has 1 amide bonds. The maximum Gasteiger partial charge on any atom is 0.326 e. The van der Waals surface area contributed by atoms with Gasteiger partial charge in [0.2, 0.25) is 5.91 Å². The molecule has 4 aliphatic carbocycles. The second kappa shape index (κ2) is 7.87. The molecule has 0 heterocycles. The molecule has 3 fully saturated rings. The van der Waals surface area contributed by atoms with E-state index in [1.807, 2.05) is 0 Å². The molecular formula is C25H39NO5. The number of carbonyl (C=O) groups is 2. The first-order chi connectivity index (χ1) is 14.5. The summed E-state index contributed by atoms with van der Waals surface area (Å²) in [5.41, 5.74) is 1.40. The highest BCUT2D eigenvalue weighted by atomic mass is 16.4. The first-order valence-electron chi connectivity index (χ1n) is 12.0. The Morgan fingerprint density at radius 1 is 1.19 bits per heavy atom. The Hall–Kier alpha value is -1.40. The molecule has 0 aliphatic heterocycles. The fourth-order valence-corrected chi connectivity index (χ4v) is 8.60. The third kappa shape index (κ3) is 3.54. The maximum atomic E-state index is 12.1. The number of allylic oxidation sites excluding steroid dienone is 1. The van der Waals surface area contributed by atoms with Gasteiger partial charge in [-0.05, 0) is 92.3 Å². The standard InChI is InChI=1S/C25H39NO5/c1-13(27)21-18(22(23(30)31)26-14(2)28)12-20-17-6-5-15-11-16(29)7-9-24(15,3)19(17)8-10-25(20,21)4/h5,13,16-22,27,29H,6-12H2,1-4H3,(H,26,28)(H,30,31)/t13?,16?,17-,18?,19+,20+,21+,22?,24+,25+/m1/s1. The number of carboxylic acid groups (broad SMARTS) is 1. The Morgan fingerprint density at radius 2 is 1.90 bits per heavy atom. The van der Waals surface area contributed by atoms with E-state index < -0.39 is 18.1 Å². The zero-order valence-electron chi connectivity index (χ0n) is 19.3. The molecule has 0 saturated heterocycles. The summed E-state index contributed by atoms with van der Waals surface area (Å²) in [4.78, 5) is 23.9. The topological polar surface area (TPSA) is 107 Å². The van der Waals surface area contributed by atoms with Crippen molar-refractivity contribution in [3.63, 3.8) is 0 Å². The van der Waals surface area contributed by atoms with E-state index in [9.17, 15) is 24.9 Å². The minimum atomic E-state index is -1.01. The van der Waals surface area contributed by atoms with E-state index in [1.54, 1.807) is 6.92 Å². The van der Waals surface area contributed by atoms with Crippen molar-refractivity contribution < 1.29 is 24.9 Å². The maximum absolute atomic E-state index is 12.1. The van der Waals surface area contributed by atoms with Gasteiger partial charge >= 0.3 is 5.97 Å². The van der Waals surface area contributed by atoms with Gasteiger partial charge in [0.25, 0.3) is 0 Å². The van der Waals surface area contributed by atoms with Gasteiger partial charge in [0.15, 0.2) is 0 Å². The lowest BCUT2D eigenvalue weighted by Crippen LogP contribution is -2.52. The van der Waals surface area contributed by atoms with Crippen LogP contribution in [0.1, 0.15) is 72.6 Å². The lowest BCUT2D eigenvalue weighted by Gasteiger charge is -2.58. The highest BCUT2D eigenvalue weighted by Crippen LogP contribution is 2.68. The fourth-order valence-electron chi connectivity index (χ4n) is 8.60. The Bertz CT molecular complexity index is 778. The average Bonchev–Trinajstić information content (AvgIpc) is 2.99. The molecule has 0 radical (unpaired) electrons. The molecule has 6 heteroatoms. The highest BCUT2D eigenvalue weighted by molar-refractivity contribution is 5.82. The van der Waals surface area contributed by atoms with Gasteiger partial charge in [0.1, 0.15) is 6.04 Å². The summed E-state index contributed by atoms with van der Waals surface area (Å²) in [6.07, 6.45) is 7.91. The van der Waals surface area contributed by atoms with Crippen LogP contribution in [0.5, 0.6) is 0 Å². The average molecular weight is 434 g/mol. The third-order valence-corrected chi connectivity index (χ3v) is 9.84. The second-order valence-corrected chi connectivity index (χ2v) is 11.4. The Balaban J connectivity index is 1.69. The van der Waals surface area contributed by atoms with Crippen molar-refractivity contribution in [1.29, 1.82) is 0 Å². The van der Waals surface area contributed by atoms with Crippen LogP contribution in [-0.4, -0.2) is 45.4 Å². The lowest BCUT2D eigenvalue weighted by molar-refractivity contribution is -0.144. The smallest absolute Gasteiger partial charge is 0.326 e. The van der Waals surface area contributed by atoms with E-state index in [0.29, 0.717) is 17.8 Å². The summed E-state index contributed by atoms with van der Waals surface area (Å²) in [5.74, 6) is -0.458. The zero-order valence-corrected chi connectivity index (χ0v) is 19.3. The minimum absolute atomic E-state index is 0.117. The fraction of sp³-hybridized carbons (Fsp3) is 0.840. The Labute approximate surface area is 185 Å². The predicted molar refractivity (Wildman–Crippen MR) is 117 cm³/mol. The van der Waals surface area contributed by atoms with Crippen LogP contribution in [0.2, 0.25) is 0 Å². The van der Waals surface area contributed by atoms with Crippen molar-refractivity contribution in [2.75, 3.05) is 0 Å². The normalized spacial score (nSPS) is 46.1. The quantitative estimate of drug-likeness (QED) is 0.510. The van der Waals surface area contributed by atoms with E-state index in [4.69, 9.17) is 0 Å². The number of aliphatic hydroxyl groups excluding tert-OH is 2. The molecule has 0 aromatic rings. The van der Waals surface area contributed by atoms with E-state index in [1.165, 1.54) is 12.5 Å². The number of carboxylic acids is 1. The molecule has 6 nitrogen and oxygen atoms in total. The number of carbonyl (C=O) groups excluding carboxylic acids is 1. The van der Waals surface area contributed by atoms with Crippen molar-refractivity contribution in [2.45, 2.75) is 90.9 Å². The summed E-state index contributed by atoms with van der Waals surface area (Å²) in [6.45, 7) is 7.77. The summed E-state index contributed by atoms with van der Waals surface area (Å²) in [5, 5.41) is 33.6. The van der Waals surface area contributed by atoms with Gasteiger partial charge in [0.05, 0.1) is 12.2 Å². The number of aliphatic hydroxyl groups is 2. The van der Waals surface area contributed by atoms with Gasteiger partial charge in [-0.15, -0.1) is 0 Å². The van der Waals surface area contributed by atoms with Gasteiger partial charge in [-0.25, -0.2) is 4.79 Å². The van der Waals surface area contributed by atoms with Crippen LogP contribution in [0, 0.1) is 40.4 Å². The number of rotatable bonds is 4. The summed E-state index contributed by atoms with van der Waals surface area (Å²) < 4.78 is 0. The molecule has 174 valence electrons. The van der Waals surface area contributed by atoms with Crippen LogP contribution < -0.4 is 5.32 Å². The van der Waals surface area contributed by atoms with Crippen molar-refractivity contribution in [3.8, 4) is 0 Å². The van der Waals surface area contributed by atoms with Crippen molar-refractivity contribution in [1.82, 2.24) is 5.32 Å². The predicted octanol–water partition coefficient (Wildman–Crippen LogP) is 3.12. The summed E-state index contributed by atoms with van der Waals surface area (Å²) in [7, 11) is 0. The minimum Gasteiger partial charge on any atom is -0.480 e. The molecule has 4 unspecified atom stereocenters. The van der Waals surface area contributed by atoms with Crippen LogP contribution in [0.3, 0.4) is 0 Å².